The van der Waals surface area contributed by atoms with Crippen LogP contribution in [-0.4, -0.2) is 71.1 Å². The summed E-state index contributed by atoms with van der Waals surface area (Å²) in [6.07, 6.45) is 1.78. The van der Waals surface area contributed by atoms with Crippen molar-refractivity contribution in [1.82, 2.24) is 14.8 Å². The van der Waals surface area contributed by atoms with Crippen molar-refractivity contribution in [2.75, 3.05) is 39.3 Å². The van der Waals surface area contributed by atoms with Crippen LogP contribution in [0.25, 0.3) is 0 Å². The third-order valence-electron chi connectivity index (χ3n) is 4.32. The summed E-state index contributed by atoms with van der Waals surface area (Å²) in [7, 11) is 0. The van der Waals surface area contributed by atoms with Crippen molar-refractivity contribution in [2.45, 2.75) is 13.5 Å². The standard InChI is InChI=1S/C19H23FN4O2.C2H4O2/c20-15-4-5-18(26-12-6-21)17(13-15)19(25)24-10-8-23(9-11-24)14-16-3-1-2-7-22-16;1-2(3)4/h1-5,7,13H,6,8-12,14,21H2;1H3,(H,3,4). The van der Waals surface area contributed by atoms with E-state index in [1.54, 1.807) is 11.1 Å². The molecule has 1 aromatic carbocycles. The summed E-state index contributed by atoms with van der Waals surface area (Å²) in [5, 5.41) is 7.42. The molecule has 0 bridgehead atoms. The fourth-order valence-corrected chi connectivity index (χ4v) is 2.96. The maximum Gasteiger partial charge on any atom is 0.300 e. The highest BCUT2D eigenvalue weighted by atomic mass is 19.1. The number of carboxylic acid groups (broad SMARTS) is 1. The largest absolute Gasteiger partial charge is 0.491 e. The van der Waals surface area contributed by atoms with Crippen LogP contribution in [-0.2, 0) is 11.3 Å². The SMILES string of the molecule is CC(=O)O.NCCOc1ccc(F)cc1C(=O)N1CCN(Cc2ccccn2)CC1. The summed E-state index contributed by atoms with van der Waals surface area (Å²) < 4.78 is 19.1. The number of halogens is 1. The Balaban J connectivity index is 0.000000735. The Bertz CT molecular complexity index is 823. The summed E-state index contributed by atoms with van der Waals surface area (Å²) in [4.78, 5) is 30.1. The van der Waals surface area contributed by atoms with E-state index in [0.717, 1.165) is 32.3 Å². The molecule has 8 nitrogen and oxygen atoms in total. The number of amides is 1. The van der Waals surface area contributed by atoms with Gasteiger partial charge in [-0.1, -0.05) is 6.07 Å². The summed E-state index contributed by atoms with van der Waals surface area (Å²) in [6.45, 7) is 5.11. The fourth-order valence-electron chi connectivity index (χ4n) is 2.96. The van der Waals surface area contributed by atoms with Gasteiger partial charge in [0.05, 0.1) is 11.3 Å². The van der Waals surface area contributed by atoms with Crippen LogP contribution in [0, 0.1) is 5.82 Å². The summed E-state index contributed by atoms with van der Waals surface area (Å²) >= 11 is 0. The highest BCUT2D eigenvalue weighted by Gasteiger charge is 2.25. The number of aliphatic carboxylic acids is 1. The van der Waals surface area contributed by atoms with Gasteiger partial charge in [0.25, 0.3) is 11.9 Å². The number of carbonyl (C=O) groups is 2. The Hall–Kier alpha value is -3.04. The van der Waals surface area contributed by atoms with E-state index in [1.807, 2.05) is 18.2 Å². The number of carboxylic acids is 1. The molecule has 1 fully saturated rings. The first-order chi connectivity index (χ1) is 14.4. The Labute approximate surface area is 175 Å². The number of hydrogen-bond donors (Lipinski definition) is 2. The molecule has 0 spiro atoms. The number of nitrogens with two attached hydrogens (primary N) is 1. The van der Waals surface area contributed by atoms with Gasteiger partial charge >= 0.3 is 0 Å². The van der Waals surface area contributed by atoms with Crippen LogP contribution in [0.15, 0.2) is 42.6 Å². The number of piperazine rings is 1. The molecule has 0 unspecified atom stereocenters. The lowest BCUT2D eigenvalue weighted by Gasteiger charge is -2.34. The topological polar surface area (TPSA) is 109 Å². The number of rotatable bonds is 6. The van der Waals surface area contributed by atoms with Crippen LogP contribution >= 0.6 is 0 Å². The maximum absolute atomic E-state index is 13.6. The summed E-state index contributed by atoms with van der Waals surface area (Å²) in [5.41, 5.74) is 6.70. The summed E-state index contributed by atoms with van der Waals surface area (Å²) in [5.74, 6) is -1.13. The van der Waals surface area contributed by atoms with Crippen LogP contribution in [0.3, 0.4) is 0 Å². The average molecular weight is 418 g/mol. The molecule has 0 atom stereocenters. The summed E-state index contributed by atoms with van der Waals surface area (Å²) in [6, 6.07) is 9.85. The molecule has 1 saturated heterocycles. The van der Waals surface area contributed by atoms with Gasteiger partial charge in [-0.15, -0.1) is 0 Å². The number of aromatic nitrogens is 1. The highest BCUT2D eigenvalue weighted by Crippen LogP contribution is 2.22. The van der Waals surface area contributed by atoms with Gasteiger partial charge in [0.15, 0.2) is 0 Å². The predicted molar refractivity (Wildman–Crippen MR) is 110 cm³/mol. The molecule has 1 aliphatic heterocycles. The fraction of sp³-hybridized carbons (Fsp3) is 0.381. The van der Waals surface area contributed by atoms with E-state index in [-0.39, 0.29) is 18.1 Å². The van der Waals surface area contributed by atoms with Gasteiger partial charge in [-0.05, 0) is 30.3 Å². The minimum Gasteiger partial charge on any atom is -0.491 e. The number of hydrogen-bond acceptors (Lipinski definition) is 6. The molecule has 3 rings (SSSR count). The predicted octanol–water partition coefficient (Wildman–Crippen LogP) is 1.61. The lowest BCUT2D eigenvalue weighted by Crippen LogP contribution is -2.48. The third kappa shape index (κ3) is 7.41. The highest BCUT2D eigenvalue weighted by molar-refractivity contribution is 5.97. The van der Waals surface area contributed by atoms with Crippen molar-refractivity contribution in [2.24, 2.45) is 5.73 Å². The van der Waals surface area contributed by atoms with Gasteiger partial charge in [-0.2, -0.15) is 0 Å². The lowest BCUT2D eigenvalue weighted by atomic mass is 10.1. The van der Waals surface area contributed by atoms with E-state index < -0.39 is 11.8 Å². The molecule has 3 N–H and O–H groups in total. The second-order valence-electron chi connectivity index (χ2n) is 6.69. The minimum absolute atomic E-state index is 0.214. The van der Waals surface area contributed by atoms with E-state index in [9.17, 15) is 9.18 Å². The average Bonchev–Trinajstić information content (AvgIpc) is 2.73. The van der Waals surface area contributed by atoms with Crippen molar-refractivity contribution in [3.05, 3.63) is 59.7 Å². The van der Waals surface area contributed by atoms with Crippen LogP contribution in [0.1, 0.15) is 23.0 Å². The molecular formula is C21H27FN4O4. The van der Waals surface area contributed by atoms with E-state index >= 15 is 0 Å². The second-order valence-corrected chi connectivity index (χ2v) is 6.69. The van der Waals surface area contributed by atoms with Gasteiger partial charge in [0, 0.05) is 52.4 Å². The van der Waals surface area contributed by atoms with E-state index in [0.29, 0.717) is 25.4 Å². The minimum atomic E-state index is -0.833. The maximum atomic E-state index is 13.6. The molecule has 9 heteroatoms. The van der Waals surface area contributed by atoms with Crippen LogP contribution in [0.5, 0.6) is 5.75 Å². The first kappa shape index (κ1) is 23.2. The third-order valence-corrected chi connectivity index (χ3v) is 4.32. The van der Waals surface area contributed by atoms with Crippen LogP contribution in [0.4, 0.5) is 4.39 Å². The van der Waals surface area contributed by atoms with Crippen molar-refractivity contribution in [1.29, 1.82) is 0 Å². The van der Waals surface area contributed by atoms with Gasteiger partial charge in [-0.25, -0.2) is 4.39 Å². The van der Waals surface area contributed by atoms with Crippen LogP contribution in [0.2, 0.25) is 0 Å². The quantitative estimate of drug-likeness (QED) is 0.733. The van der Waals surface area contributed by atoms with E-state index in [4.69, 9.17) is 20.4 Å². The normalized spacial score (nSPS) is 13.9. The van der Waals surface area contributed by atoms with Gasteiger partial charge < -0.3 is 20.5 Å². The Kier molecular flexibility index (Phi) is 9.17. The molecule has 162 valence electrons. The zero-order valence-electron chi connectivity index (χ0n) is 17.0. The molecule has 0 radical (unpaired) electrons. The van der Waals surface area contributed by atoms with E-state index in [1.165, 1.54) is 18.2 Å². The second kappa shape index (κ2) is 11.8. The van der Waals surface area contributed by atoms with Gasteiger partial charge in [-0.3, -0.25) is 19.5 Å². The van der Waals surface area contributed by atoms with Crippen molar-refractivity contribution in [3.8, 4) is 5.75 Å². The van der Waals surface area contributed by atoms with Gasteiger partial charge in [0.1, 0.15) is 18.2 Å². The smallest absolute Gasteiger partial charge is 0.300 e. The molecular weight excluding hydrogens is 391 g/mol. The Morgan fingerprint density at radius 2 is 1.90 bits per heavy atom. The molecule has 0 aliphatic carbocycles. The van der Waals surface area contributed by atoms with Crippen molar-refractivity contribution < 1.29 is 23.8 Å². The Morgan fingerprint density at radius 1 is 1.20 bits per heavy atom. The van der Waals surface area contributed by atoms with Gasteiger partial charge in [0.2, 0.25) is 0 Å². The molecule has 1 aliphatic rings. The molecule has 2 aromatic rings. The van der Waals surface area contributed by atoms with Crippen molar-refractivity contribution in [3.63, 3.8) is 0 Å². The number of benzene rings is 1. The number of carbonyl (C=O) groups excluding carboxylic acids is 1. The molecule has 0 saturated carbocycles. The zero-order valence-corrected chi connectivity index (χ0v) is 17.0. The Morgan fingerprint density at radius 3 is 2.50 bits per heavy atom. The number of nitrogens with zero attached hydrogens (tertiary/aromatic N) is 3. The number of ether oxygens (including phenoxy) is 1. The lowest BCUT2D eigenvalue weighted by molar-refractivity contribution is -0.134. The zero-order chi connectivity index (χ0) is 21.9. The number of pyridine rings is 1. The molecule has 2 heterocycles. The molecule has 1 amide bonds. The van der Waals surface area contributed by atoms with Crippen molar-refractivity contribution >= 4 is 11.9 Å². The monoisotopic (exact) mass is 418 g/mol. The van der Waals surface area contributed by atoms with Crippen LogP contribution < -0.4 is 10.5 Å². The molecule has 30 heavy (non-hydrogen) atoms. The first-order valence-corrected chi connectivity index (χ1v) is 9.64. The van der Waals surface area contributed by atoms with E-state index in [2.05, 4.69) is 9.88 Å². The first-order valence-electron chi connectivity index (χ1n) is 9.64. The molecule has 1 aromatic heterocycles.